The van der Waals surface area contributed by atoms with E-state index < -0.39 is 0 Å². The molecular weight excluding hydrogens is 232 g/mol. The number of aromatic nitrogens is 1. The van der Waals surface area contributed by atoms with Crippen LogP contribution in [-0.4, -0.2) is 18.1 Å². The van der Waals surface area contributed by atoms with Crippen molar-refractivity contribution in [2.75, 3.05) is 7.05 Å². The van der Waals surface area contributed by atoms with E-state index >= 15 is 0 Å². The van der Waals surface area contributed by atoms with E-state index in [-0.39, 0.29) is 0 Å². The van der Waals surface area contributed by atoms with Crippen molar-refractivity contribution in [1.29, 1.82) is 0 Å². The molecule has 0 aliphatic heterocycles. The Morgan fingerprint density at radius 2 is 2.11 bits per heavy atom. The quantitative estimate of drug-likeness (QED) is 0.882. The van der Waals surface area contributed by atoms with Crippen molar-refractivity contribution in [2.45, 2.75) is 38.1 Å². The van der Waals surface area contributed by atoms with Gasteiger partial charge in [0.25, 0.3) is 0 Å². The summed E-state index contributed by atoms with van der Waals surface area (Å²) in [7, 11) is 2.09. The van der Waals surface area contributed by atoms with Gasteiger partial charge in [-0.05, 0) is 43.5 Å². The number of nitrogens with zero attached hydrogens (tertiary/aromatic N) is 1. The van der Waals surface area contributed by atoms with Gasteiger partial charge in [0.05, 0.1) is 5.52 Å². The van der Waals surface area contributed by atoms with Gasteiger partial charge in [0, 0.05) is 17.6 Å². The maximum Gasteiger partial charge on any atom is 0.0704 e. The lowest BCUT2D eigenvalue weighted by Crippen LogP contribution is -2.32. The van der Waals surface area contributed by atoms with Gasteiger partial charge in [-0.3, -0.25) is 4.98 Å². The zero-order valence-electron chi connectivity index (χ0n) is 11.6. The Labute approximate surface area is 115 Å². The molecular formula is C17H22N2. The lowest BCUT2D eigenvalue weighted by Gasteiger charge is -2.29. The first-order chi connectivity index (χ1) is 9.36. The third kappa shape index (κ3) is 2.79. The first-order valence-corrected chi connectivity index (χ1v) is 7.36. The van der Waals surface area contributed by atoms with Crippen LogP contribution in [0.5, 0.6) is 0 Å². The van der Waals surface area contributed by atoms with Crippen molar-refractivity contribution < 1.29 is 0 Å². The summed E-state index contributed by atoms with van der Waals surface area (Å²) in [5, 5.41) is 4.80. The fourth-order valence-electron chi connectivity index (χ4n) is 3.03. The number of nitrogens with one attached hydrogen (secondary N) is 1. The summed E-state index contributed by atoms with van der Waals surface area (Å²) < 4.78 is 0. The second-order valence-electron chi connectivity index (χ2n) is 5.71. The first kappa shape index (κ1) is 12.6. The summed E-state index contributed by atoms with van der Waals surface area (Å²) in [6.45, 7) is 0. The second-order valence-corrected chi connectivity index (χ2v) is 5.71. The molecule has 0 bridgehead atoms. The summed E-state index contributed by atoms with van der Waals surface area (Å²) >= 11 is 0. The summed E-state index contributed by atoms with van der Waals surface area (Å²) in [5.74, 6) is 0.950. The Bertz CT molecular complexity index is 540. The van der Waals surface area contributed by atoms with E-state index in [1.54, 1.807) is 0 Å². The molecule has 1 heterocycles. The molecule has 1 aromatic heterocycles. The molecule has 1 aliphatic rings. The zero-order chi connectivity index (χ0) is 13.1. The molecule has 1 aliphatic carbocycles. The molecule has 3 rings (SSSR count). The van der Waals surface area contributed by atoms with Gasteiger partial charge in [-0.25, -0.2) is 0 Å². The Kier molecular flexibility index (Phi) is 3.79. The minimum Gasteiger partial charge on any atom is -0.317 e. The van der Waals surface area contributed by atoms with Gasteiger partial charge in [-0.1, -0.05) is 37.5 Å². The Balaban J connectivity index is 1.79. The zero-order valence-corrected chi connectivity index (χ0v) is 11.6. The lowest BCUT2D eigenvalue weighted by atomic mass is 9.80. The van der Waals surface area contributed by atoms with Gasteiger partial charge in [-0.2, -0.15) is 0 Å². The lowest BCUT2D eigenvalue weighted by molar-refractivity contribution is 0.263. The fourth-order valence-corrected chi connectivity index (χ4v) is 3.03. The van der Waals surface area contributed by atoms with Crippen LogP contribution in [0, 0.1) is 5.92 Å². The predicted octanol–water partition coefficient (Wildman–Crippen LogP) is 3.56. The van der Waals surface area contributed by atoms with Crippen LogP contribution in [0.15, 0.2) is 36.5 Å². The fraction of sp³-hybridized carbons (Fsp3) is 0.471. The molecule has 2 nitrogen and oxygen atoms in total. The smallest absolute Gasteiger partial charge is 0.0704 e. The topological polar surface area (TPSA) is 24.9 Å². The van der Waals surface area contributed by atoms with E-state index in [4.69, 9.17) is 0 Å². The highest BCUT2D eigenvalue weighted by Gasteiger charge is 2.21. The number of pyridine rings is 1. The van der Waals surface area contributed by atoms with Crippen molar-refractivity contribution in [3.05, 3.63) is 42.1 Å². The molecule has 1 fully saturated rings. The van der Waals surface area contributed by atoms with Crippen molar-refractivity contribution in [3.63, 3.8) is 0 Å². The predicted molar refractivity (Wildman–Crippen MR) is 80.3 cm³/mol. The van der Waals surface area contributed by atoms with Crippen LogP contribution in [0.4, 0.5) is 0 Å². The number of para-hydroxylation sites is 1. The highest BCUT2D eigenvalue weighted by Crippen LogP contribution is 2.31. The summed E-state index contributed by atoms with van der Waals surface area (Å²) in [5.41, 5.74) is 2.53. The largest absolute Gasteiger partial charge is 0.317 e. The van der Waals surface area contributed by atoms with Gasteiger partial charge in [0.1, 0.15) is 0 Å². The monoisotopic (exact) mass is 254 g/mol. The molecule has 0 radical (unpaired) electrons. The van der Waals surface area contributed by atoms with E-state index in [9.17, 15) is 0 Å². The highest BCUT2D eigenvalue weighted by molar-refractivity contribution is 5.81. The van der Waals surface area contributed by atoms with Crippen molar-refractivity contribution in [1.82, 2.24) is 10.3 Å². The number of hydrogen-bond donors (Lipinski definition) is 1. The van der Waals surface area contributed by atoms with Crippen molar-refractivity contribution in [2.24, 2.45) is 5.92 Å². The minimum atomic E-state index is 0.594. The molecule has 0 amide bonds. The summed E-state index contributed by atoms with van der Waals surface area (Å²) in [6, 6.07) is 11.2. The third-order valence-electron chi connectivity index (χ3n) is 4.46. The maximum absolute atomic E-state index is 4.44. The molecule has 100 valence electrons. The van der Waals surface area contributed by atoms with Gasteiger partial charge in [-0.15, -0.1) is 0 Å². The Morgan fingerprint density at radius 3 is 2.84 bits per heavy atom. The molecule has 0 spiro atoms. The average Bonchev–Trinajstić information content (AvgIpc) is 2.41. The number of fused-ring (bicyclic) bond motifs is 1. The van der Waals surface area contributed by atoms with E-state index in [2.05, 4.69) is 47.7 Å². The molecule has 1 unspecified atom stereocenters. The van der Waals surface area contributed by atoms with Crippen LogP contribution in [0.1, 0.15) is 31.2 Å². The maximum atomic E-state index is 4.44. The van der Waals surface area contributed by atoms with Crippen molar-refractivity contribution in [3.8, 4) is 0 Å². The van der Waals surface area contributed by atoms with Gasteiger partial charge in [0.15, 0.2) is 0 Å². The summed E-state index contributed by atoms with van der Waals surface area (Å²) in [6.07, 6.45) is 8.64. The minimum absolute atomic E-state index is 0.594. The number of hydrogen-bond acceptors (Lipinski definition) is 2. The number of rotatable bonds is 5. The molecule has 0 saturated heterocycles. The van der Waals surface area contributed by atoms with E-state index in [0.29, 0.717) is 6.04 Å². The van der Waals surface area contributed by atoms with Crippen LogP contribution in [0.3, 0.4) is 0 Å². The molecule has 1 aromatic carbocycles. The molecule has 2 aromatic rings. The third-order valence-corrected chi connectivity index (χ3v) is 4.46. The van der Waals surface area contributed by atoms with Crippen LogP contribution in [-0.2, 0) is 6.42 Å². The first-order valence-electron chi connectivity index (χ1n) is 7.36. The Morgan fingerprint density at radius 1 is 1.26 bits per heavy atom. The van der Waals surface area contributed by atoms with E-state index in [0.717, 1.165) is 17.9 Å². The number of likely N-dealkylation sites (N-methyl/N-ethyl adjacent to an activating group) is 1. The number of benzene rings is 1. The van der Waals surface area contributed by atoms with Gasteiger partial charge in [0.2, 0.25) is 0 Å². The van der Waals surface area contributed by atoms with Crippen molar-refractivity contribution >= 4 is 10.9 Å². The standard InChI is InChI=1S/C17H22N2/c1-18-15(11-13-5-4-6-13)12-14-9-10-19-17-8-3-2-7-16(14)17/h2-3,7-10,13,15,18H,4-6,11-12H2,1H3. The van der Waals surface area contributed by atoms with Crippen LogP contribution in [0.25, 0.3) is 10.9 Å². The molecule has 19 heavy (non-hydrogen) atoms. The van der Waals surface area contributed by atoms with Gasteiger partial charge < -0.3 is 5.32 Å². The Hall–Kier alpha value is -1.41. The van der Waals surface area contributed by atoms with Crippen LogP contribution < -0.4 is 5.32 Å². The summed E-state index contributed by atoms with van der Waals surface area (Å²) in [4.78, 5) is 4.44. The molecule has 1 saturated carbocycles. The van der Waals surface area contributed by atoms with Gasteiger partial charge >= 0.3 is 0 Å². The van der Waals surface area contributed by atoms with Crippen LogP contribution >= 0.6 is 0 Å². The van der Waals surface area contributed by atoms with Crippen LogP contribution in [0.2, 0.25) is 0 Å². The molecule has 1 N–H and O–H groups in total. The second kappa shape index (κ2) is 5.70. The van der Waals surface area contributed by atoms with E-state index in [1.165, 1.54) is 36.6 Å². The SMILES string of the molecule is CNC(Cc1ccnc2ccccc12)CC1CCC1. The van der Waals surface area contributed by atoms with E-state index in [1.807, 2.05) is 6.20 Å². The average molecular weight is 254 g/mol. The normalized spacial score (nSPS) is 17.3. The highest BCUT2D eigenvalue weighted by atomic mass is 14.9. The molecule has 1 atom stereocenters. The molecule has 2 heteroatoms.